The fourth-order valence-electron chi connectivity index (χ4n) is 5.06. The Morgan fingerprint density at radius 1 is 1.19 bits per heavy atom. The molecular formula is C24H29ClN6O4S2. The molecule has 2 N–H and O–H groups in total. The average Bonchev–Trinajstić information content (AvgIpc) is 3.55. The number of likely N-dealkylation sites (tertiary alicyclic amines) is 1. The van der Waals surface area contributed by atoms with Gasteiger partial charge in [0.25, 0.3) is 15.9 Å². The van der Waals surface area contributed by atoms with Crippen LogP contribution in [0.2, 0.25) is 5.02 Å². The molecule has 3 aromatic rings. The Morgan fingerprint density at radius 2 is 2.00 bits per heavy atom. The van der Waals surface area contributed by atoms with Crippen LogP contribution in [0.4, 0.5) is 0 Å². The van der Waals surface area contributed by atoms with Crippen LogP contribution in [-0.4, -0.2) is 90.6 Å². The maximum atomic E-state index is 13.5. The van der Waals surface area contributed by atoms with Crippen molar-refractivity contribution in [3.63, 3.8) is 0 Å². The molecule has 2 aliphatic heterocycles. The number of aromatic amines is 1. The molecule has 0 spiro atoms. The quantitative estimate of drug-likeness (QED) is 0.492. The van der Waals surface area contributed by atoms with E-state index in [2.05, 4.69) is 27.2 Å². The summed E-state index contributed by atoms with van der Waals surface area (Å²) in [6.45, 7) is 0.972. The van der Waals surface area contributed by atoms with E-state index in [-0.39, 0.29) is 36.6 Å². The summed E-state index contributed by atoms with van der Waals surface area (Å²) < 4.78 is 28.2. The van der Waals surface area contributed by atoms with Crippen molar-refractivity contribution < 1.29 is 18.0 Å². The minimum absolute atomic E-state index is 0.0152. The average molecular weight is 565 g/mol. The van der Waals surface area contributed by atoms with Gasteiger partial charge in [-0.25, -0.2) is 13.4 Å². The molecule has 2 fully saturated rings. The zero-order valence-electron chi connectivity index (χ0n) is 20.6. The number of rotatable bonds is 5. The third-order valence-electron chi connectivity index (χ3n) is 7.13. The molecule has 5 rings (SSSR count). The minimum Gasteiger partial charge on any atom is -0.357 e. The number of H-pyrrole nitrogens is 1. The van der Waals surface area contributed by atoms with Crippen molar-refractivity contribution in [2.45, 2.75) is 36.4 Å². The molecule has 2 atom stereocenters. The molecule has 2 amide bonds. The summed E-state index contributed by atoms with van der Waals surface area (Å²) in [7, 11) is -0.394. The zero-order valence-corrected chi connectivity index (χ0v) is 23.0. The largest absolute Gasteiger partial charge is 0.357 e. The first-order chi connectivity index (χ1) is 17.7. The number of piperidine rings is 1. The van der Waals surface area contributed by atoms with Gasteiger partial charge in [0, 0.05) is 59.7 Å². The Hall–Kier alpha value is -2.51. The number of carbonyl (C=O) groups excluding carboxylic acids is 2. The first kappa shape index (κ1) is 26.1. The molecule has 198 valence electrons. The molecule has 0 saturated carbocycles. The molecule has 2 saturated heterocycles. The lowest BCUT2D eigenvalue weighted by molar-refractivity contribution is -0.126. The highest BCUT2D eigenvalue weighted by atomic mass is 35.5. The minimum atomic E-state index is -3.94. The van der Waals surface area contributed by atoms with E-state index in [4.69, 9.17) is 11.6 Å². The predicted molar refractivity (Wildman–Crippen MR) is 142 cm³/mol. The van der Waals surface area contributed by atoms with E-state index in [1.54, 1.807) is 24.4 Å². The molecular weight excluding hydrogens is 536 g/mol. The van der Waals surface area contributed by atoms with Crippen LogP contribution in [0.25, 0.3) is 10.9 Å². The van der Waals surface area contributed by atoms with Crippen LogP contribution < -0.4 is 5.32 Å². The Labute approximate surface area is 224 Å². The van der Waals surface area contributed by atoms with Gasteiger partial charge < -0.3 is 15.2 Å². The number of hydrogen-bond acceptors (Lipinski definition) is 7. The summed E-state index contributed by atoms with van der Waals surface area (Å²) in [4.78, 5) is 38.4. The Kier molecular flexibility index (Phi) is 7.29. The van der Waals surface area contributed by atoms with Crippen molar-refractivity contribution in [1.29, 1.82) is 0 Å². The predicted octanol–water partition coefficient (Wildman–Crippen LogP) is 2.70. The van der Waals surface area contributed by atoms with Gasteiger partial charge in [-0.3, -0.25) is 14.5 Å². The van der Waals surface area contributed by atoms with Crippen molar-refractivity contribution in [2.24, 2.45) is 0 Å². The number of hydrogen-bond donors (Lipinski definition) is 2. The molecule has 0 radical (unpaired) electrons. The van der Waals surface area contributed by atoms with Crippen LogP contribution in [0.3, 0.4) is 0 Å². The van der Waals surface area contributed by atoms with Gasteiger partial charge in [-0.05, 0) is 50.7 Å². The fourth-order valence-corrected chi connectivity index (χ4v) is 7.77. The van der Waals surface area contributed by atoms with Crippen LogP contribution in [0.5, 0.6) is 0 Å². The van der Waals surface area contributed by atoms with Gasteiger partial charge in [-0.1, -0.05) is 18.0 Å². The highest BCUT2D eigenvalue weighted by molar-refractivity contribution is 7.89. The number of aromatic nitrogens is 2. The summed E-state index contributed by atoms with van der Waals surface area (Å²) in [6, 6.07) is 5.86. The van der Waals surface area contributed by atoms with E-state index in [1.807, 2.05) is 0 Å². The number of sulfonamides is 1. The number of likely N-dealkylation sites (N-methyl/N-ethyl adjacent to an activating group) is 1. The summed E-state index contributed by atoms with van der Waals surface area (Å²) >= 11 is 7.40. The summed E-state index contributed by atoms with van der Waals surface area (Å²) in [5.41, 5.74) is 0.642. The van der Waals surface area contributed by atoms with Gasteiger partial charge in [-0.2, -0.15) is 4.31 Å². The van der Waals surface area contributed by atoms with E-state index in [9.17, 15) is 18.0 Å². The first-order valence-corrected chi connectivity index (χ1v) is 14.8. The van der Waals surface area contributed by atoms with Crippen molar-refractivity contribution in [3.8, 4) is 0 Å². The van der Waals surface area contributed by atoms with E-state index >= 15 is 0 Å². The standard InChI is InChI=1S/C24H29ClN6O4S2/c1-26-22(32)19-14-30(37(34,35)21-12-15-11-16(25)6-7-17(15)28-21)9-10-31(19)24(33)23-27-13-20(36-23)18-5-3-4-8-29(18)2/h6-7,11-13,18-19,28H,3-5,8-10,14H2,1-2H3,(H,26,32). The number of thiazole rings is 1. The van der Waals surface area contributed by atoms with Gasteiger partial charge >= 0.3 is 0 Å². The lowest BCUT2D eigenvalue weighted by atomic mass is 10.0. The molecule has 0 aliphatic carbocycles. The first-order valence-electron chi connectivity index (χ1n) is 12.2. The zero-order chi connectivity index (χ0) is 26.3. The highest BCUT2D eigenvalue weighted by Crippen LogP contribution is 2.34. The Balaban J connectivity index is 1.37. The SMILES string of the molecule is CNC(=O)C1CN(S(=O)(=O)c2cc3cc(Cl)ccc3[nH]2)CCN1C(=O)c1ncc(C2CCCCN2C)s1. The molecule has 1 aromatic carbocycles. The number of piperazine rings is 1. The molecule has 13 heteroatoms. The second-order valence-electron chi connectivity index (χ2n) is 9.42. The number of halogens is 1. The van der Waals surface area contributed by atoms with Crippen LogP contribution in [0.15, 0.2) is 35.5 Å². The van der Waals surface area contributed by atoms with E-state index in [0.29, 0.717) is 20.9 Å². The molecule has 4 heterocycles. The Morgan fingerprint density at radius 3 is 2.76 bits per heavy atom. The number of benzene rings is 1. The molecule has 2 aromatic heterocycles. The summed E-state index contributed by atoms with van der Waals surface area (Å²) in [6.07, 6.45) is 5.06. The van der Waals surface area contributed by atoms with Gasteiger partial charge in [0.05, 0.1) is 0 Å². The normalized spacial score (nSPS) is 21.9. The maximum Gasteiger partial charge on any atom is 0.283 e. The molecule has 2 aliphatic rings. The number of carbonyl (C=O) groups is 2. The van der Waals surface area contributed by atoms with Gasteiger partial charge in [0.15, 0.2) is 5.01 Å². The second-order valence-corrected chi connectivity index (χ2v) is 12.8. The molecule has 10 nitrogen and oxygen atoms in total. The second kappa shape index (κ2) is 10.3. The topological polar surface area (TPSA) is 119 Å². The summed E-state index contributed by atoms with van der Waals surface area (Å²) in [5, 5.41) is 4.07. The monoisotopic (exact) mass is 564 g/mol. The van der Waals surface area contributed by atoms with Crippen molar-refractivity contribution in [2.75, 3.05) is 40.3 Å². The molecule has 37 heavy (non-hydrogen) atoms. The fraction of sp³-hybridized carbons (Fsp3) is 0.458. The number of amides is 2. The van der Waals surface area contributed by atoms with Crippen molar-refractivity contribution >= 4 is 55.7 Å². The van der Waals surface area contributed by atoms with Gasteiger partial charge in [-0.15, -0.1) is 11.3 Å². The van der Waals surface area contributed by atoms with Gasteiger partial charge in [0.1, 0.15) is 11.1 Å². The van der Waals surface area contributed by atoms with Crippen LogP contribution >= 0.6 is 22.9 Å². The van der Waals surface area contributed by atoms with Crippen molar-refractivity contribution in [1.82, 2.24) is 29.4 Å². The molecule has 2 unspecified atom stereocenters. The summed E-state index contributed by atoms with van der Waals surface area (Å²) in [5.74, 6) is -0.791. The Bertz CT molecular complexity index is 1440. The van der Waals surface area contributed by atoms with Gasteiger partial charge in [0.2, 0.25) is 5.91 Å². The van der Waals surface area contributed by atoms with Crippen LogP contribution in [0, 0.1) is 0 Å². The lowest BCUT2D eigenvalue weighted by Crippen LogP contribution is -2.61. The molecule has 0 bridgehead atoms. The number of fused-ring (bicyclic) bond motifs is 1. The number of nitrogens with one attached hydrogen (secondary N) is 2. The van der Waals surface area contributed by atoms with E-state index in [1.165, 1.54) is 33.7 Å². The van der Waals surface area contributed by atoms with E-state index < -0.39 is 22.0 Å². The third-order valence-corrected chi connectivity index (χ3v) is 10.2. The number of nitrogens with zero attached hydrogens (tertiary/aromatic N) is 4. The van der Waals surface area contributed by atoms with Crippen LogP contribution in [-0.2, 0) is 14.8 Å². The third kappa shape index (κ3) is 5.00. The maximum absolute atomic E-state index is 13.5. The van der Waals surface area contributed by atoms with E-state index in [0.717, 1.165) is 30.7 Å². The van der Waals surface area contributed by atoms with Crippen molar-refractivity contribution in [3.05, 3.63) is 45.4 Å². The lowest BCUT2D eigenvalue weighted by Gasteiger charge is -2.39. The highest BCUT2D eigenvalue weighted by Gasteiger charge is 2.41. The van der Waals surface area contributed by atoms with Crippen LogP contribution in [0.1, 0.15) is 40.0 Å². The smallest absolute Gasteiger partial charge is 0.283 e.